The molecule has 0 saturated carbocycles. The van der Waals surface area contributed by atoms with Gasteiger partial charge in [-0.25, -0.2) is 0 Å². The highest BCUT2D eigenvalue weighted by atomic mass is 16.5. The van der Waals surface area contributed by atoms with E-state index < -0.39 is 0 Å². The van der Waals surface area contributed by atoms with Gasteiger partial charge in [0.2, 0.25) is 0 Å². The van der Waals surface area contributed by atoms with Crippen molar-refractivity contribution >= 4 is 5.84 Å². The highest BCUT2D eigenvalue weighted by molar-refractivity contribution is 5.79. The molecule has 0 unspecified atom stereocenters. The summed E-state index contributed by atoms with van der Waals surface area (Å²) in [7, 11) is 0. The molecule has 0 amide bonds. The van der Waals surface area contributed by atoms with Gasteiger partial charge in [-0.3, -0.25) is 5.41 Å². The maximum atomic E-state index is 7.65. The van der Waals surface area contributed by atoms with Crippen molar-refractivity contribution in [2.45, 2.75) is 19.8 Å². The van der Waals surface area contributed by atoms with Crippen LogP contribution in [0.1, 0.15) is 19.8 Å². The number of rotatable bonds is 2. The summed E-state index contributed by atoms with van der Waals surface area (Å²) in [5.74, 6) is 0.774. The van der Waals surface area contributed by atoms with Crippen molar-refractivity contribution in [2.75, 3.05) is 26.3 Å². The fourth-order valence-electron chi connectivity index (χ4n) is 1.23. The number of ether oxygens (including phenoxy) is 1. The zero-order valence-corrected chi connectivity index (χ0v) is 7.10. The van der Waals surface area contributed by atoms with Crippen LogP contribution in [0.4, 0.5) is 0 Å². The molecule has 1 fully saturated rings. The second kappa shape index (κ2) is 4.34. The van der Waals surface area contributed by atoms with Gasteiger partial charge in [0.25, 0.3) is 0 Å². The summed E-state index contributed by atoms with van der Waals surface area (Å²) in [6, 6.07) is 0. The van der Waals surface area contributed by atoms with E-state index in [4.69, 9.17) is 10.1 Å². The summed E-state index contributed by atoms with van der Waals surface area (Å²) in [6.45, 7) is 5.48. The molecule has 3 heteroatoms. The summed E-state index contributed by atoms with van der Waals surface area (Å²) in [4.78, 5) is 2.10. The standard InChI is InChI=1S/C8H16N2O/c1-2-3-8(9)10-4-6-11-7-5-10/h9H,2-7H2,1H3. The van der Waals surface area contributed by atoms with Crippen molar-refractivity contribution in [3.05, 3.63) is 0 Å². The molecule has 1 aliphatic heterocycles. The Kier molecular flexibility index (Phi) is 3.36. The van der Waals surface area contributed by atoms with Crippen LogP contribution >= 0.6 is 0 Å². The molecular weight excluding hydrogens is 140 g/mol. The highest BCUT2D eigenvalue weighted by Crippen LogP contribution is 2.01. The normalized spacial score (nSPS) is 18.5. The first-order valence-electron chi connectivity index (χ1n) is 4.24. The molecule has 1 heterocycles. The predicted octanol–water partition coefficient (Wildman–Crippen LogP) is 1.10. The fourth-order valence-corrected chi connectivity index (χ4v) is 1.23. The minimum Gasteiger partial charge on any atom is -0.378 e. The molecule has 1 N–H and O–H groups in total. The number of nitrogens with one attached hydrogen (secondary N) is 1. The van der Waals surface area contributed by atoms with Gasteiger partial charge < -0.3 is 9.64 Å². The maximum Gasteiger partial charge on any atom is 0.0959 e. The van der Waals surface area contributed by atoms with E-state index >= 15 is 0 Å². The Balaban J connectivity index is 2.27. The number of hydrogen-bond acceptors (Lipinski definition) is 2. The average molecular weight is 156 g/mol. The second-order valence-corrected chi connectivity index (χ2v) is 2.80. The first kappa shape index (κ1) is 8.53. The highest BCUT2D eigenvalue weighted by Gasteiger charge is 2.11. The van der Waals surface area contributed by atoms with Crippen molar-refractivity contribution in [1.82, 2.24) is 4.90 Å². The molecular formula is C8H16N2O. The van der Waals surface area contributed by atoms with Gasteiger partial charge >= 0.3 is 0 Å². The van der Waals surface area contributed by atoms with Gasteiger partial charge in [-0.2, -0.15) is 0 Å². The predicted molar refractivity (Wildman–Crippen MR) is 45.0 cm³/mol. The number of morpholine rings is 1. The molecule has 1 rings (SSSR count). The molecule has 0 atom stereocenters. The van der Waals surface area contributed by atoms with E-state index in [1.54, 1.807) is 0 Å². The lowest BCUT2D eigenvalue weighted by Crippen LogP contribution is -2.40. The number of hydrogen-bond donors (Lipinski definition) is 1. The van der Waals surface area contributed by atoms with Crippen LogP contribution in [0.3, 0.4) is 0 Å². The third-order valence-corrected chi connectivity index (χ3v) is 1.88. The first-order valence-corrected chi connectivity index (χ1v) is 4.24. The van der Waals surface area contributed by atoms with Crippen LogP contribution in [-0.4, -0.2) is 37.0 Å². The number of nitrogens with zero attached hydrogens (tertiary/aromatic N) is 1. The summed E-state index contributed by atoms with van der Waals surface area (Å²) < 4.78 is 5.19. The molecule has 0 spiro atoms. The molecule has 0 bridgehead atoms. The lowest BCUT2D eigenvalue weighted by atomic mass is 10.3. The molecule has 0 aromatic carbocycles. The number of amidine groups is 1. The summed E-state index contributed by atoms with van der Waals surface area (Å²) in [5.41, 5.74) is 0. The minimum atomic E-state index is 0.774. The largest absolute Gasteiger partial charge is 0.378 e. The van der Waals surface area contributed by atoms with Crippen molar-refractivity contribution < 1.29 is 4.74 Å². The Morgan fingerprint density at radius 2 is 2.09 bits per heavy atom. The fraction of sp³-hybridized carbons (Fsp3) is 0.875. The van der Waals surface area contributed by atoms with Crippen LogP contribution in [0, 0.1) is 5.41 Å². The molecule has 0 aromatic rings. The molecule has 0 aliphatic carbocycles. The molecule has 0 radical (unpaired) electrons. The van der Waals surface area contributed by atoms with Gasteiger partial charge in [-0.05, 0) is 6.42 Å². The topological polar surface area (TPSA) is 36.3 Å². The van der Waals surface area contributed by atoms with Gasteiger partial charge in [0, 0.05) is 19.5 Å². The van der Waals surface area contributed by atoms with E-state index in [1.165, 1.54) is 0 Å². The first-order chi connectivity index (χ1) is 5.34. The average Bonchev–Trinajstić information content (AvgIpc) is 2.07. The third kappa shape index (κ3) is 2.50. The second-order valence-electron chi connectivity index (χ2n) is 2.80. The van der Waals surface area contributed by atoms with Crippen LogP contribution in [-0.2, 0) is 4.74 Å². The van der Waals surface area contributed by atoms with Crippen LogP contribution in [0.15, 0.2) is 0 Å². The van der Waals surface area contributed by atoms with Crippen molar-refractivity contribution in [3.63, 3.8) is 0 Å². The Bertz CT molecular complexity index is 130. The molecule has 64 valence electrons. The van der Waals surface area contributed by atoms with E-state index in [1.807, 2.05) is 0 Å². The minimum absolute atomic E-state index is 0.774. The van der Waals surface area contributed by atoms with Gasteiger partial charge in [0.05, 0.1) is 19.0 Å². The molecule has 1 aliphatic rings. The molecule has 0 aromatic heterocycles. The van der Waals surface area contributed by atoms with Crippen molar-refractivity contribution in [3.8, 4) is 0 Å². The molecule has 11 heavy (non-hydrogen) atoms. The van der Waals surface area contributed by atoms with E-state index in [2.05, 4.69) is 11.8 Å². The van der Waals surface area contributed by atoms with Gasteiger partial charge in [-0.1, -0.05) is 6.92 Å². The van der Waals surface area contributed by atoms with Crippen LogP contribution in [0.25, 0.3) is 0 Å². The van der Waals surface area contributed by atoms with Gasteiger partial charge in [-0.15, -0.1) is 0 Å². The summed E-state index contributed by atoms with van der Waals surface area (Å²) in [5, 5.41) is 7.65. The summed E-state index contributed by atoms with van der Waals surface area (Å²) in [6.07, 6.45) is 1.97. The van der Waals surface area contributed by atoms with Crippen LogP contribution < -0.4 is 0 Å². The van der Waals surface area contributed by atoms with E-state index in [9.17, 15) is 0 Å². The molecule has 3 nitrogen and oxygen atoms in total. The van der Waals surface area contributed by atoms with Crippen LogP contribution in [0.5, 0.6) is 0 Å². The quantitative estimate of drug-likeness (QED) is 0.480. The maximum absolute atomic E-state index is 7.65. The lowest BCUT2D eigenvalue weighted by Gasteiger charge is -2.28. The lowest BCUT2D eigenvalue weighted by molar-refractivity contribution is 0.0668. The van der Waals surface area contributed by atoms with E-state index in [-0.39, 0.29) is 0 Å². The monoisotopic (exact) mass is 156 g/mol. The molecule has 1 saturated heterocycles. The Labute approximate surface area is 67.8 Å². The van der Waals surface area contributed by atoms with Gasteiger partial charge in [0.1, 0.15) is 0 Å². The summed E-state index contributed by atoms with van der Waals surface area (Å²) >= 11 is 0. The van der Waals surface area contributed by atoms with Crippen LogP contribution in [0.2, 0.25) is 0 Å². The van der Waals surface area contributed by atoms with Crippen molar-refractivity contribution in [1.29, 1.82) is 5.41 Å². The van der Waals surface area contributed by atoms with E-state index in [0.29, 0.717) is 0 Å². The Hall–Kier alpha value is -0.570. The zero-order chi connectivity index (χ0) is 8.10. The Morgan fingerprint density at radius 3 is 2.64 bits per heavy atom. The van der Waals surface area contributed by atoms with Crippen molar-refractivity contribution in [2.24, 2.45) is 0 Å². The Morgan fingerprint density at radius 1 is 1.45 bits per heavy atom. The zero-order valence-electron chi connectivity index (χ0n) is 7.10. The third-order valence-electron chi connectivity index (χ3n) is 1.88. The SMILES string of the molecule is CCCC(=N)N1CCOCC1. The smallest absolute Gasteiger partial charge is 0.0959 e. The van der Waals surface area contributed by atoms with Gasteiger partial charge in [0.15, 0.2) is 0 Å². The van der Waals surface area contributed by atoms with E-state index in [0.717, 1.165) is 45.0 Å².